The van der Waals surface area contributed by atoms with Gasteiger partial charge in [-0.1, -0.05) is 37.3 Å². The highest BCUT2D eigenvalue weighted by Gasteiger charge is 2.18. The molecular weight excluding hydrogens is 230 g/mol. The summed E-state index contributed by atoms with van der Waals surface area (Å²) in [6, 6.07) is 8.85. The van der Waals surface area contributed by atoms with Crippen LogP contribution in [0.2, 0.25) is 0 Å². The summed E-state index contributed by atoms with van der Waals surface area (Å²) in [6.45, 7) is 1.89. The number of hydrogen-bond acceptors (Lipinski definition) is 2. The van der Waals surface area contributed by atoms with Gasteiger partial charge in [-0.25, -0.2) is 4.79 Å². The summed E-state index contributed by atoms with van der Waals surface area (Å²) in [4.78, 5) is 22.4. The van der Waals surface area contributed by atoms with Crippen LogP contribution in [-0.4, -0.2) is 23.0 Å². The Balaban J connectivity index is 2.48. The van der Waals surface area contributed by atoms with Crippen molar-refractivity contribution < 1.29 is 14.7 Å². The number of carboxylic acids is 1. The van der Waals surface area contributed by atoms with E-state index >= 15 is 0 Å². The number of nitrogens with one attached hydrogen (secondary N) is 1. The van der Waals surface area contributed by atoms with E-state index in [4.69, 9.17) is 5.11 Å². The van der Waals surface area contributed by atoms with Gasteiger partial charge in [0.1, 0.15) is 6.04 Å². The van der Waals surface area contributed by atoms with Gasteiger partial charge in [0.05, 0.1) is 0 Å². The first-order valence-electron chi connectivity index (χ1n) is 6.19. The fourth-order valence-electron chi connectivity index (χ4n) is 1.71. The molecule has 4 nitrogen and oxygen atoms in total. The minimum Gasteiger partial charge on any atom is -0.480 e. The number of hydrogen-bond donors (Lipinski definition) is 2. The maximum Gasteiger partial charge on any atom is 0.326 e. The van der Waals surface area contributed by atoms with Crippen molar-refractivity contribution in [2.45, 2.75) is 38.6 Å². The highest BCUT2D eigenvalue weighted by Crippen LogP contribution is 2.05. The van der Waals surface area contributed by atoms with Crippen molar-refractivity contribution in [2.24, 2.45) is 0 Å². The molecule has 1 atom stereocenters. The average molecular weight is 249 g/mol. The molecule has 1 rings (SSSR count). The molecule has 0 spiro atoms. The third kappa shape index (κ3) is 4.99. The number of carboxylic acid groups (broad SMARTS) is 1. The lowest BCUT2D eigenvalue weighted by Gasteiger charge is -2.14. The minimum atomic E-state index is -0.976. The number of rotatable bonds is 7. The minimum absolute atomic E-state index is 0.196. The summed E-state index contributed by atoms with van der Waals surface area (Å²) in [7, 11) is 0. The Labute approximate surface area is 107 Å². The van der Waals surface area contributed by atoms with E-state index < -0.39 is 12.0 Å². The molecule has 0 saturated heterocycles. The molecule has 1 aromatic carbocycles. The lowest BCUT2D eigenvalue weighted by atomic mass is 10.1. The average Bonchev–Trinajstić information content (AvgIpc) is 2.35. The molecule has 1 aromatic rings. The van der Waals surface area contributed by atoms with Gasteiger partial charge in [0.2, 0.25) is 5.91 Å². The Morgan fingerprint density at radius 2 is 1.94 bits per heavy atom. The monoisotopic (exact) mass is 249 g/mol. The molecular formula is C14H19NO3. The molecule has 98 valence electrons. The van der Waals surface area contributed by atoms with Gasteiger partial charge < -0.3 is 10.4 Å². The SMILES string of the molecule is CCCC(=O)N[C@H](CCc1ccccc1)C(=O)O. The number of amides is 1. The molecule has 4 heteroatoms. The van der Waals surface area contributed by atoms with Crippen LogP contribution in [0.4, 0.5) is 0 Å². The molecule has 0 fully saturated rings. The molecule has 18 heavy (non-hydrogen) atoms. The van der Waals surface area contributed by atoms with Crippen LogP contribution >= 0.6 is 0 Å². The summed E-state index contributed by atoms with van der Waals surface area (Å²) >= 11 is 0. The summed E-state index contributed by atoms with van der Waals surface area (Å²) in [5, 5.41) is 11.6. The van der Waals surface area contributed by atoms with E-state index in [2.05, 4.69) is 5.32 Å². The fourth-order valence-corrected chi connectivity index (χ4v) is 1.71. The predicted molar refractivity (Wildman–Crippen MR) is 69.2 cm³/mol. The van der Waals surface area contributed by atoms with Crippen LogP contribution in [0.5, 0.6) is 0 Å². The van der Waals surface area contributed by atoms with Crippen molar-refractivity contribution in [1.29, 1.82) is 0 Å². The second-order valence-corrected chi connectivity index (χ2v) is 4.23. The second-order valence-electron chi connectivity index (χ2n) is 4.23. The Hall–Kier alpha value is -1.84. The van der Waals surface area contributed by atoms with Gasteiger partial charge in [0.25, 0.3) is 0 Å². The number of carbonyl (C=O) groups is 2. The molecule has 0 aliphatic carbocycles. The largest absolute Gasteiger partial charge is 0.480 e. The number of benzene rings is 1. The number of aliphatic carboxylic acids is 1. The van der Waals surface area contributed by atoms with Crippen molar-refractivity contribution in [3.63, 3.8) is 0 Å². The third-order valence-electron chi connectivity index (χ3n) is 2.67. The van der Waals surface area contributed by atoms with Crippen LogP contribution in [0.1, 0.15) is 31.7 Å². The van der Waals surface area contributed by atoms with Gasteiger partial charge in [-0.2, -0.15) is 0 Å². The summed E-state index contributed by atoms with van der Waals surface area (Å²) in [5.74, 6) is -1.17. The number of aryl methyl sites for hydroxylation is 1. The Morgan fingerprint density at radius 1 is 1.28 bits per heavy atom. The van der Waals surface area contributed by atoms with E-state index in [-0.39, 0.29) is 5.91 Å². The predicted octanol–water partition coefficient (Wildman–Crippen LogP) is 1.99. The standard InChI is InChI=1S/C14H19NO3/c1-2-6-13(16)15-12(14(17)18)10-9-11-7-4-3-5-8-11/h3-5,7-8,12H,2,6,9-10H2,1H3,(H,15,16)(H,17,18)/t12-/m1/s1. The van der Waals surface area contributed by atoms with E-state index in [9.17, 15) is 9.59 Å². The first-order valence-corrected chi connectivity index (χ1v) is 6.19. The first-order chi connectivity index (χ1) is 8.63. The van der Waals surface area contributed by atoms with Gasteiger partial charge >= 0.3 is 5.97 Å². The van der Waals surface area contributed by atoms with Gasteiger partial charge in [0, 0.05) is 6.42 Å². The van der Waals surface area contributed by atoms with E-state index in [0.717, 1.165) is 12.0 Å². The van der Waals surface area contributed by atoms with Crippen LogP contribution in [0, 0.1) is 0 Å². The highest BCUT2D eigenvalue weighted by atomic mass is 16.4. The quantitative estimate of drug-likeness (QED) is 0.776. The summed E-state index contributed by atoms with van der Waals surface area (Å²) in [5.41, 5.74) is 1.08. The Kier molecular flexibility index (Phi) is 5.91. The van der Waals surface area contributed by atoms with Crippen molar-refractivity contribution in [1.82, 2.24) is 5.32 Å². The van der Waals surface area contributed by atoms with Crippen LogP contribution in [-0.2, 0) is 16.0 Å². The summed E-state index contributed by atoms with van der Waals surface area (Å²) in [6.07, 6.45) is 2.14. The molecule has 2 N–H and O–H groups in total. The molecule has 1 amide bonds. The zero-order valence-corrected chi connectivity index (χ0v) is 10.6. The van der Waals surface area contributed by atoms with Gasteiger partial charge in [0.15, 0.2) is 0 Å². The van der Waals surface area contributed by atoms with E-state index in [1.165, 1.54) is 0 Å². The van der Waals surface area contributed by atoms with Crippen molar-refractivity contribution in [3.05, 3.63) is 35.9 Å². The molecule has 0 aromatic heterocycles. The van der Waals surface area contributed by atoms with Gasteiger partial charge in [-0.05, 0) is 24.8 Å². The topological polar surface area (TPSA) is 66.4 Å². The third-order valence-corrected chi connectivity index (χ3v) is 2.67. The maximum atomic E-state index is 11.4. The van der Waals surface area contributed by atoms with E-state index in [1.807, 2.05) is 37.3 Å². The second kappa shape index (κ2) is 7.48. The van der Waals surface area contributed by atoms with Gasteiger partial charge in [-0.3, -0.25) is 4.79 Å². The van der Waals surface area contributed by atoms with Crippen molar-refractivity contribution in [2.75, 3.05) is 0 Å². The van der Waals surface area contributed by atoms with E-state index in [0.29, 0.717) is 19.3 Å². The first kappa shape index (κ1) is 14.2. The van der Waals surface area contributed by atoms with Crippen LogP contribution in [0.25, 0.3) is 0 Å². The molecule has 0 heterocycles. The lowest BCUT2D eigenvalue weighted by molar-refractivity contribution is -0.142. The lowest BCUT2D eigenvalue weighted by Crippen LogP contribution is -2.40. The van der Waals surface area contributed by atoms with Crippen molar-refractivity contribution in [3.8, 4) is 0 Å². The molecule has 0 bridgehead atoms. The van der Waals surface area contributed by atoms with Crippen molar-refractivity contribution >= 4 is 11.9 Å². The zero-order valence-electron chi connectivity index (χ0n) is 10.6. The number of carbonyl (C=O) groups excluding carboxylic acids is 1. The highest BCUT2D eigenvalue weighted by molar-refractivity contribution is 5.83. The van der Waals surface area contributed by atoms with Crippen LogP contribution in [0.3, 0.4) is 0 Å². The summed E-state index contributed by atoms with van der Waals surface area (Å²) < 4.78 is 0. The van der Waals surface area contributed by atoms with Crippen LogP contribution in [0.15, 0.2) is 30.3 Å². The Morgan fingerprint density at radius 3 is 2.50 bits per heavy atom. The fraction of sp³-hybridized carbons (Fsp3) is 0.429. The normalized spacial score (nSPS) is 11.8. The smallest absolute Gasteiger partial charge is 0.326 e. The molecule has 0 radical (unpaired) electrons. The molecule has 0 aliphatic heterocycles. The maximum absolute atomic E-state index is 11.4. The Bertz CT molecular complexity index is 389. The zero-order chi connectivity index (χ0) is 13.4. The molecule has 0 unspecified atom stereocenters. The molecule has 0 aliphatic rings. The molecule has 0 saturated carbocycles. The van der Waals surface area contributed by atoms with E-state index in [1.54, 1.807) is 0 Å². The van der Waals surface area contributed by atoms with Crippen LogP contribution < -0.4 is 5.32 Å². The van der Waals surface area contributed by atoms with Gasteiger partial charge in [-0.15, -0.1) is 0 Å².